The van der Waals surface area contributed by atoms with E-state index in [2.05, 4.69) is 17.2 Å². The molecule has 0 aromatic heterocycles. The largest absolute Gasteiger partial charge is 0.507 e. The number of aryl methyl sites for hydroxylation is 2. The van der Waals surface area contributed by atoms with Crippen LogP contribution in [-0.4, -0.2) is 49.6 Å². The van der Waals surface area contributed by atoms with E-state index in [1.165, 1.54) is 0 Å². The molecule has 0 saturated carbocycles. The molecule has 0 spiro atoms. The van der Waals surface area contributed by atoms with Crippen LogP contribution in [0.25, 0.3) is 0 Å². The molecule has 4 nitrogen and oxygen atoms in total. The molecular weight excluding hydrogens is 226 g/mol. The molecule has 1 aliphatic rings. The summed E-state index contributed by atoms with van der Waals surface area (Å²) >= 11 is 0. The van der Waals surface area contributed by atoms with E-state index in [4.69, 9.17) is 0 Å². The highest BCUT2D eigenvalue weighted by Gasteiger charge is 2.14. The van der Waals surface area contributed by atoms with Crippen LogP contribution in [0.2, 0.25) is 0 Å². The number of likely N-dealkylation sites (N-methyl/N-ethyl adjacent to an activating group) is 1. The van der Waals surface area contributed by atoms with E-state index in [-0.39, 0.29) is 0 Å². The zero-order valence-electron chi connectivity index (χ0n) is 11.4. The monoisotopic (exact) mass is 248 g/mol. The highest BCUT2D eigenvalue weighted by Crippen LogP contribution is 2.22. The molecular formula is C14H22N3O+. The van der Waals surface area contributed by atoms with Gasteiger partial charge in [-0.1, -0.05) is 0 Å². The highest BCUT2D eigenvalue weighted by atomic mass is 16.3. The van der Waals surface area contributed by atoms with Crippen molar-refractivity contribution in [1.82, 2.24) is 5.01 Å². The average molecular weight is 248 g/mol. The maximum Gasteiger partial charge on any atom is 0.121 e. The fourth-order valence-corrected chi connectivity index (χ4v) is 2.20. The minimum absolute atomic E-state index is 0.385. The molecule has 1 aromatic rings. The summed E-state index contributed by atoms with van der Waals surface area (Å²) in [7, 11) is 2.22. The molecule has 1 heterocycles. The summed E-state index contributed by atoms with van der Waals surface area (Å²) in [4.78, 5) is 1.57. The molecule has 1 fully saturated rings. The molecule has 18 heavy (non-hydrogen) atoms. The van der Waals surface area contributed by atoms with Crippen molar-refractivity contribution < 1.29 is 10.0 Å². The lowest BCUT2D eigenvalue weighted by Crippen LogP contribution is -3.11. The summed E-state index contributed by atoms with van der Waals surface area (Å²) in [5.74, 6) is 0.385. The Bertz CT molecular complexity index is 425. The number of hydrogen-bond acceptors (Lipinski definition) is 3. The van der Waals surface area contributed by atoms with Crippen LogP contribution in [0.1, 0.15) is 16.7 Å². The van der Waals surface area contributed by atoms with Crippen LogP contribution >= 0.6 is 0 Å². The van der Waals surface area contributed by atoms with Gasteiger partial charge in [0, 0.05) is 0 Å². The van der Waals surface area contributed by atoms with Gasteiger partial charge in [0.2, 0.25) is 0 Å². The third kappa shape index (κ3) is 3.01. The minimum Gasteiger partial charge on any atom is -0.507 e. The van der Waals surface area contributed by atoms with Gasteiger partial charge in [-0.2, -0.15) is 5.10 Å². The highest BCUT2D eigenvalue weighted by molar-refractivity contribution is 5.80. The molecule has 98 valence electrons. The van der Waals surface area contributed by atoms with E-state index in [1.807, 2.05) is 32.2 Å². The molecule has 1 aliphatic heterocycles. The first kappa shape index (κ1) is 12.9. The molecule has 2 N–H and O–H groups in total. The zero-order chi connectivity index (χ0) is 13.1. The van der Waals surface area contributed by atoms with Crippen LogP contribution in [0, 0.1) is 13.8 Å². The minimum atomic E-state index is 0.385. The Labute approximate surface area is 109 Å². The van der Waals surface area contributed by atoms with Crippen LogP contribution < -0.4 is 4.90 Å². The number of rotatable bonds is 2. The molecule has 0 bridgehead atoms. The van der Waals surface area contributed by atoms with Crippen LogP contribution in [-0.2, 0) is 0 Å². The first-order valence-electron chi connectivity index (χ1n) is 6.46. The lowest BCUT2D eigenvalue weighted by Gasteiger charge is -2.27. The van der Waals surface area contributed by atoms with Crippen LogP contribution in [0.3, 0.4) is 0 Å². The lowest BCUT2D eigenvalue weighted by atomic mass is 10.1. The molecule has 2 rings (SSSR count). The number of phenolic OH excluding ortho intramolecular Hbond substituents is 1. The maximum absolute atomic E-state index is 9.72. The van der Waals surface area contributed by atoms with E-state index in [9.17, 15) is 5.11 Å². The number of phenols is 1. The number of aromatic hydroxyl groups is 1. The van der Waals surface area contributed by atoms with Crippen molar-refractivity contribution in [1.29, 1.82) is 0 Å². The number of nitrogens with zero attached hydrogens (tertiary/aromatic N) is 2. The van der Waals surface area contributed by atoms with Crippen molar-refractivity contribution in [2.45, 2.75) is 13.8 Å². The smallest absolute Gasteiger partial charge is 0.121 e. The SMILES string of the molecule is Cc1cc(C=NN2CC[NH+](C)CC2)cc(C)c1O. The normalized spacial score (nSPS) is 17.6. The predicted octanol–water partition coefficient (Wildman–Crippen LogP) is 0.173. The van der Waals surface area contributed by atoms with Gasteiger partial charge in [-0.05, 0) is 42.7 Å². The number of nitrogens with one attached hydrogen (secondary N) is 1. The van der Waals surface area contributed by atoms with Gasteiger partial charge in [-0.15, -0.1) is 0 Å². The quantitative estimate of drug-likeness (QED) is 0.733. The van der Waals surface area contributed by atoms with Gasteiger partial charge in [0.1, 0.15) is 5.75 Å². The molecule has 0 atom stereocenters. The lowest BCUT2D eigenvalue weighted by molar-refractivity contribution is -0.884. The van der Waals surface area contributed by atoms with E-state index >= 15 is 0 Å². The zero-order valence-corrected chi connectivity index (χ0v) is 11.4. The molecule has 0 unspecified atom stereocenters. The Morgan fingerprint density at radius 1 is 1.22 bits per heavy atom. The molecule has 1 aromatic carbocycles. The summed E-state index contributed by atoms with van der Waals surface area (Å²) in [6.07, 6.45) is 1.89. The van der Waals surface area contributed by atoms with Gasteiger partial charge in [0.15, 0.2) is 0 Å². The van der Waals surface area contributed by atoms with Gasteiger partial charge in [-0.3, -0.25) is 5.01 Å². The van der Waals surface area contributed by atoms with Crippen molar-refractivity contribution in [3.63, 3.8) is 0 Å². The maximum atomic E-state index is 9.72. The van der Waals surface area contributed by atoms with Gasteiger partial charge in [0.25, 0.3) is 0 Å². The number of quaternary nitrogens is 1. The third-order valence-electron chi connectivity index (χ3n) is 3.48. The molecule has 4 heteroatoms. The van der Waals surface area contributed by atoms with E-state index in [0.29, 0.717) is 5.75 Å². The van der Waals surface area contributed by atoms with Crippen molar-refractivity contribution in [2.24, 2.45) is 5.10 Å². The Balaban J connectivity index is 2.05. The van der Waals surface area contributed by atoms with Gasteiger partial charge in [0.05, 0.1) is 39.4 Å². The fraction of sp³-hybridized carbons (Fsp3) is 0.500. The first-order valence-corrected chi connectivity index (χ1v) is 6.46. The number of benzene rings is 1. The van der Waals surface area contributed by atoms with Gasteiger partial charge < -0.3 is 10.0 Å². The van der Waals surface area contributed by atoms with Crippen molar-refractivity contribution in [3.05, 3.63) is 28.8 Å². The Morgan fingerprint density at radius 2 is 1.78 bits per heavy atom. The van der Waals surface area contributed by atoms with Crippen LogP contribution in [0.15, 0.2) is 17.2 Å². The third-order valence-corrected chi connectivity index (χ3v) is 3.48. The number of hydrogen-bond donors (Lipinski definition) is 2. The summed E-state index contributed by atoms with van der Waals surface area (Å²) in [6.45, 7) is 8.14. The second-order valence-electron chi connectivity index (χ2n) is 5.16. The molecule has 1 saturated heterocycles. The van der Waals surface area contributed by atoms with Crippen molar-refractivity contribution >= 4 is 6.21 Å². The Hall–Kier alpha value is -1.55. The Kier molecular flexibility index (Phi) is 3.87. The standard InChI is InChI=1S/C14H21N3O/c1-11-8-13(9-12(2)14(11)18)10-15-17-6-4-16(3)5-7-17/h8-10,18H,4-7H2,1-3H3/p+1. The molecule has 0 radical (unpaired) electrons. The van der Waals surface area contributed by atoms with Gasteiger partial charge in [-0.25, -0.2) is 0 Å². The van der Waals surface area contributed by atoms with E-state index in [0.717, 1.165) is 42.9 Å². The fourth-order valence-electron chi connectivity index (χ4n) is 2.20. The Morgan fingerprint density at radius 3 is 2.33 bits per heavy atom. The van der Waals surface area contributed by atoms with Crippen LogP contribution in [0.4, 0.5) is 0 Å². The van der Waals surface area contributed by atoms with E-state index in [1.54, 1.807) is 4.90 Å². The van der Waals surface area contributed by atoms with Crippen molar-refractivity contribution in [2.75, 3.05) is 33.2 Å². The number of hydrazone groups is 1. The molecule has 0 aliphatic carbocycles. The second kappa shape index (κ2) is 5.40. The second-order valence-corrected chi connectivity index (χ2v) is 5.16. The first-order chi connectivity index (χ1) is 8.56. The van der Waals surface area contributed by atoms with Crippen LogP contribution in [0.5, 0.6) is 5.75 Å². The number of piperazine rings is 1. The summed E-state index contributed by atoms with van der Waals surface area (Å²) < 4.78 is 0. The topological polar surface area (TPSA) is 40.3 Å². The summed E-state index contributed by atoms with van der Waals surface area (Å²) in [6, 6.07) is 3.93. The average Bonchev–Trinajstić information content (AvgIpc) is 2.35. The molecule has 0 amide bonds. The van der Waals surface area contributed by atoms with Gasteiger partial charge >= 0.3 is 0 Å². The van der Waals surface area contributed by atoms with Crippen molar-refractivity contribution in [3.8, 4) is 5.75 Å². The summed E-state index contributed by atoms with van der Waals surface area (Å²) in [5, 5.41) is 16.3. The van der Waals surface area contributed by atoms with E-state index < -0.39 is 0 Å². The summed E-state index contributed by atoms with van der Waals surface area (Å²) in [5.41, 5.74) is 2.85. The predicted molar refractivity (Wildman–Crippen MR) is 73.4 cm³/mol.